The van der Waals surface area contributed by atoms with Crippen LogP contribution in [0.15, 0.2) is 16.7 Å². The number of hydrogen-bond donors (Lipinski definition) is 0. The Balaban J connectivity index is 0. The van der Waals surface area contributed by atoms with Gasteiger partial charge in [0.15, 0.2) is 0 Å². The molecule has 0 aliphatic heterocycles. The Morgan fingerprint density at radius 2 is 1.35 bits per heavy atom. The summed E-state index contributed by atoms with van der Waals surface area (Å²) in [5, 5.41) is 0. The maximum absolute atomic E-state index is 10.9. The Kier molecular flexibility index (Phi) is 18.4. The van der Waals surface area contributed by atoms with Crippen molar-refractivity contribution in [3.63, 3.8) is 0 Å². The minimum absolute atomic E-state index is 0. The molecule has 2 aliphatic carbocycles. The molecule has 0 bridgehead atoms. The van der Waals surface area contributed by atoms with Crippen LogP contribution in [0.2, 0.25) is 13.1 Å². The summed E-state index contributed by atoms with van der Waals surface area (Å²) < 4.78 is 0. The first-order valence-electron chi connectivity index (χ1n) is 10.1. The third-order valence-corrected chi connectivity index (χ3v) is 5.21. The minimum Gasteiger partial charge on any atom is -0.668 e. The van der Waals surface area contributed by atoms with Crippen molar-refractivity contribution in [2.45, 2.75) is 98.6 Å². The summed E-state index contributed by atoms with van der Waals surface area (Å²) in [6.45, 7) is 13.1. The molecule has 0 aromatic heterocycles. The normalized spacial score (nSPS) is 21.3. The van der Waals surface area contributed by atoms with Crippen LogP contribution in [-0.2, 0) is 26.5 Å². The van der Waals surface area contributed by atoms with Gasteiger partial charge in [-0.25, -0.2) is 5.57 Å². The molecule has 1 amide bonds. The van der Waals surface area contributed by atoms with Gasteiger partial charge in [-0.1, -0.05) is 84.7 Å². The summed E-state index contributed by atoms with van der Waals surface area (Å²) in [6.07, 6.45) is 14.1. The second-order valence-electron chi connectivity index (χ2n) is 7.49. The van der Waals surface area contributed by atoms with Crippen LogP contribution in [0.25, 0.3) is 5.73 Å². The van der Waals surface area contributed by atoms with Crippen molar-refractivity contribution in [2.75, 3.05) is 0 Å². The van der Waals surface area contributed by atoms with Crippen molar-refractivity contribution in [3.05, 3.63) is 28.5 Å². The van der Waals surface area contributed by atoms with Crippen LogP contribution in [0.5, 0.6) is 0 Å². The third kappa shape index (κ3) is 12.3. The average molecular weight is 411 g/mol. The molecule has 1 N–H and O–H groups in total. The second kappa shape index (κ2) is 17.0. The number of amides is 1. The summed E-state index contributed by atoms with van der Waals surface area (Å²) in [5.74, 6) is 0.281. The fraction of sp³-hybridized carbons (Fsp3) is 0.773. The van der Waals surface area contributed by atoms with Crippen molar-refractivity contribution >= 4 is 15.4 Å². The van der Waals surface area contributed by atoms with Crippen molar-refractivity contribution < 1.29 is 26.5 Å². The van der Waals surface area contributed by atoms with Gasteiger partial charge in [-0.05, 0) is 12.8 Å². The maximum Gasteiger partial charge on any atom is 2.00 e. The molecular weight excluding hydrogens is 370 g/mol. The van der Waals surface area contributed by atoms with Crippen molar-refractivity contribution in [3.8, 4) is 0 Å². The van der Waals surface area contributed by atoms with E-state index in [9.17, 15) is 4.79 Å². The first-order valence-corrected chi connectivity index (χ1v) is 12.4. The molecule has 0 aromatic rings. The monoisotopic (exact) mass is 410 g/mol. The smallest absolute Gasteiger partial charge is 0.668 e. The molecule has 2 rings (SSSR count). The van der Waals surface area contributed by atoms with Crippen molar-refractivity contribution in [1.29, 1.82) is 0 Å². The zero-order valence-electron chi connectivity index (χ0n) is 18.0. The molecule has 1 atom stereocenters. The van der Waals surface area contributed by atoms with Gasteiger partial charge in [-0.3, -0.25) is 6.08 Å². The molecule has 4 heteroatoms. The molecule has 147 valence electrons. The van der Waals surface area contributed by atoms with Crippen LogP contribution in [0.1, 0.15) is 85.5 Å². The van der Waals surface area contributed by atoms with Crippen LogP contribution in [-0.4, -0.2) is 15.4 Å². The summed E-state index contributed by atoms with van der Waals surface area (Å²) in [5.41, 5.74) is 11.4. The van der Waals surface area contributed by atoms with E-state index in [0.717, 1.165) is 35.2 Å². The predicted molar refractivity (Wildman–Crippen MR) is 113 cm³/mol. The van der Waals surface area contributed by atoms with E-state index in [-0.39, 0.29) is 33.5 Å². The van der Waals surface area contributed by atoms with Gasteiger partial charge in [-0.15, -0.1) is 6.92 Å². The first-order chi connectivity index (χ1) is 11.8. The van der Waals surface area contributed by atoms with E-state index in [1.165, 1.54) is 48.8 Å². The van der Waals surface area contributed by atoms with Gasteiger partial charge in [-0.2, -0.15) is 11.1 Å². The fourth-order valence-electron chi connectivity index (χ4n) is 3.23. The zero-order chi connectivity index (χ0) is 19.2. The van der Waals surface area contributed by atoms with E-state index in [2.05, 4.69) is 46.9 Å². The van der Waals surface area contributed by atoms with Gasteiger partial charge in [0.05, 0.1) is 5.91 Å². The third-order valence-electron chi connectivity index (χ3n) is 5.21. The van der Waals surface area contributed by atoms with Crippen LogP contribution < -0.4 is 0 Å². The van der Waals surface area contributed by atoms with E-state index >= 15 is 0 Å². The summed E-state index contributed by atoms with van der Waals surface area (Å²) in [4.78, 5) is 10.9. The van der Waals surface area contributed by atoms with Gasteiger partial charge in [0.1, 0.15) is 0 Å². The van der Waals surface area contributed by atoms with Crippen molar-refractivity contribution in [2.24, 2.45) is 11.8 Å². The largest absolute Gasteiger partial charge is 2.00 e. The van der Waals surface area contributed by atoms with Crippen LogP contribution in [0.3, 0.4) is 0 Å². The Bertz CT molecular complexity index is 435. The van der Waals surface area contributed by atoms with E-state index < -0.39 is 0 Å². The Labute approximate surface area is 180 Å². The summed E-state index contributed by atoms with van der Waals surface area (Å²) in [7, 11) is 0.750. The molecule has 1 fully saturated rings. The molecule has 0 saturated heterocycles. The molecule has 26 heavy (non-hydrogen) atoms. The van der Waals surface area contributed by atoms with Crippen molar-refractivity contribution in [1.82, 2.24) is 0 Å². The standard InChI is InChI=1S/C11H21NO.C9H13.C2H7Si.Ti/c12-11(13)10-8-6-4-2-1-3-5-7-9-10;1-6-5-7(2)9(4)8(6)3;1-3-2;/h10H,1-9H2,(H2,12,13);6H,1-4H3;3H,1-2H3;/q;-1;;+2/p-1. The summed E-state index contributed by atoms with van der Waals surface area (Å²) >= 11 is 0. The number of allylic oxidation sites excluding steroid dienone is 4. The van der Waals surface area contributed by atoms with Gasteiger partial charge in [0, 0.05) is 15.4 Å². The quantitative estimate of drug-likeness (QED) is 0.341. The van der Waals surface area contributed by atoms with Crippen LogP contribution >= 0.6 is 0 Å². The Morgan fingerprint density at radius 1 is 0.962 bits per heavy atom. The zero-order valence-corrected chi connectivity index (χ0v) is 20.7. The summed E-state index contributed by atoms with van der Waals surface area (Å²) in [6, 6.07) is 0. The number of rotatable bonds is 1. The SMILES string of the molecule is CC1=[C-]C(C)C(C)=C1C.C[SiH]C.[NH-]C(=O)C1CCCCCCCCC1.[Ti+2]. The number of hydrogen-bond acceptors (Lipinski definition) is 1. The Hall–Kier alpha value is -0.119. The molecule has 0 spiro atoms. The molecule has 0 aromatic carbocycles. The predicted octanol–water partition coefficient (Wildman–Crippen LogP) is 6.94. The number of carbonyl (C=O) groups excluding carboxylic acids is 1. The fourth-order valence-corrected chi connectivity index (χ4v) is 3.23. The number of carbonyl (C=O) groups is 1. The van der Waals surface area contributed by atoms with Crippen LogP contribution in [0.4, 0.5) is 0 Å². The van der Waals surface area contributed by atoms with Gasteiger partial charge < -0.3 is 10.5 Å². The van der Waals surface area contributed by atoms with E-state index in [1.54, 1.807) is 0 Å². The molecule has 2 aliphatic rings. The molecular formula is C22H40NOSiTi. The van der Waals surface area contributed by atoms with E-state index in [0.29, 0.717) is 5.92 Å². The molecule has 1 radical (unpaired) electrons. The first kappa shape index (κ1) is 28.1. The second-order valence-corrected chi connectivity index (χ2v) is 8.64. The maximum atomic E-state index is 10.9. The Morgan fingerprint density at radius 3 is 1.58 bits per heavy atom. The van der Waals surface area contributed by atoms with Crippen LogP contribution in [0, 0.1) is 17.9 Å². The molecule has 0 heterocycles. The van der Waals surface area contributed by atoms with Gasteiger partial charge in [0.2, 0.25) is 0 Å². The average Bonchev–Trinajstić information content (AvgIpc) is 2.79. The van der Waals surface area contributed by atoms with E-state index in [4.69, 9.17) is 5.73 Å². The van der Waals surface area contributed by atoms with E-state index in [1.807, 2.05) is 0 Å². The molecule has 1 saturated carbocycles. The minimum atomic E-state index is -0.333. The van der Waals surface area contributed by atoms with Gasteiger partial charge >= 0.3 is 21.7 Å². The van der Waals surface area contributed by atoms with Gasteiger partial charge in [0.25, 0.3) is 0 Å². The molecule has 1 unspecified atom stereocenters. The number of nitrogens with one attached hydrogen (secondary N) is 1. The topological polar surface area (TPSA) is 40.9 Å². The molecule has 2 nitrogen and oxygen atoms in total.